The van der Waals surface area contributed by atoms with E-state index in [9.17, 15) is 4.79 Å². The quantitative estimate of drug-likeness (QED) is 0.628. The van der Waals surface area contributed by atoms with Crippen LogP contribution in [0, 0.1) is 6.92 Å². The number of benzene rings is 1. The van der Waals surface area contributed by atoms with Gasteiger partial charge in [-0.3, -0.25) is 9.36 Å². The van der Waals surface area contributed by atoms with Crippen molar-refractivity contribution in [2.45, 2.75) is 26.0 Å². The minimum absolute atomic E-state index is 0.164. The molecule has 0 saturated carbocycles. The number of morpholine rings is 1. The summed E-state index contributed by atoms with van der Waals surface area (Å²) >= 11 is 0. The number of nitrogens with one attached hydrogen (secondary N) is 1. The summed E-state index contributed by atoms with van der Waals surface area (Å²) in [5.74, 6) is 2.56. The first kappa shape index (κ1) is 21.2. The van der Waals surface area contributed by atoms with Crippen LogP contribution in [0.4, 0.5) is 5.82 Å². The predicted octanol–water partition coefficient (Wildman–Crippen LogP) is 1.82. The second kappa shape index (κ2) is 9.07. The molecule has 10 nitrogen and oxygen atoms in total. The van der Waals surface area contributed by atoms with E-state index in [1.54, 1.807) is 23.3 Å². The molecule has 2 atom stereocenters. The lowest BCUT2D eigenvalue weighted by molar-refractivity contribution is -0.134. The van der Waals surface area contributed by atoms with E-state index in [1.807, 2.05) is 38.1 Å². The third-order valence-corrected chi connectivity index (χ3v) is 5.67. The number of carbonyl (C=O) groups excluding carboxylic acids is 1. The fourth-order valence-corrected chi connectivity index (χ4v) is 3.93. The van der Waals surface area contributed by atoms with Crippen molar-refractivity contribution in [1.29, 1.82) is 0 Å². The van der Waals surface area contributed by atoms with Crippen LogP contribution >= 0.6 is 0 Å². The first-order valence-corrected chi connectivity index (χ1v) is 11.0. The maximum Gasteiger partial charge on any atom is 0.251 e. The summed E-state index contributed by atoms with van der Waals surface area (Å²) in [5, 5.41) is 3.06. The van der Waals surface area contributed by atoms with E-state index in [2.05, 4.69) is 25.2 Å². The molecule has 33 heavy (non-hydrogen) atoms. The van der Waals surface area contributed by atoms with Gasteiger partial charge in [0.15, 0.2) is 17.6 Å². The molecule has 3 aromatic rings. The highest BCUT2D eigenvalue weighted by Gasteiger charge is 2.29. The SMILES string of the molecule is Cc1cc(N2CCOC(C(=O)NC(C)c3ccc4c(c3)OCCO4)C2)nc(-n2ccnc2)n1. The van der Waals surface area contributed by atoms with E-state index in [0.717, 1.165) is 22.8 Å². The zero-order chi connectivity index (χ0) is 22.8. The number of rotatable bonds is 5. The summed E-state index contributed by atoms with van der Waals surface area (Å²) in [6.45, 7) is 6.40. The average Bonchev–Trinajstić information content (AvgIpc) is 3.38. The van der Waals surface area contributed by atoms with Crippen molar-refractivity contribution in [3.8, 4) is 17.4 Å². The molecule has 0 bridgehead atoms. The zero-order valence-electron chi connectivity index (χ0n) is 18.6. The molecule has 1 fully saturated rings. The van der Waals surface area contributed by atoms with E-state index >= 15 is 0 Å². The third-order valence-electron chi connectivity index (χ3n) is 5.67. The van der Waals surface area contributed by atoms with E-state index in [1.165, 1.54) is 0 Å². The minimum Gasteiger partial charge on any atom is -0.486 e. The van der Waals surface area contributed by atoms with Gasteiger partial charge in [0.1, 0.15) is 25.4 Å². The number of nitrogens with zero attached hydrogens (tertiary/aromatic N) is 5. The van der Waals surface area contributed by atoms with Crippen molar-refractivity contribution < 1.29 is 19.0 Å². The Labute approximate surface area is 191 Å². The first-order chi connectivity index (χ1) is 16.1. The van der Waals surface area contributed by atoms with Crippen LogP contribution in [0.5, 0.6) is 11.5 Å². The minimum atomic E-state index is -0.606. The van der Waals surface area contributed by atoms with E-state index in [-0.39, 0.29) is 11.9 Å². The van der Waals surface area contributed by atoms with Gasteiger partial charge in [0, 0.05) is 30.7 Å². The molecule has 1 amide bonds. The Hall–Kier alpha value is -3.66. The van der Waals surface area contributed by atoms with Crippen molar-refractivity contribution in [1.82, 2.24) is 24.8 Å². The van der Waals surface area contributed by atoms with Crippen LogP contribution in [-0.4, -0.2) is 64.4 Å². The molecule has 0 aliphatic carbocycles. The molecule has 172 valence electrons. The second-order valence-corrected chi connectivity index (χ2v) is 8.08. The average molecular weight is 450 g/mol. The number of imidazole rings is 1. The Morgan fingerprint density at radius 3 is 2.82 bits per heavy atom. The lowest BCUT2D eigenvalue weighted by Gasteiger charge is -2.33. The molecule has 0 spiro atoms. The summed E-state index contributed by atoms with van der Waals surface area (Å²) in [5.41, 5.74) is 1.78. The standard InChI is InChI=1S/C23H26N6O4/c1-15-11-21(27-23(25-15)29-6-5-24-14-29)28-7-8-31-20(13-28)22(30)26-16(2)17-3-4-18-19(12-17)33-10-9-32-18/h3-6,11-12,14,16,20H,7-10,13H2,1-2H3,(H,26,30). The van der Waals surface area contributed by atoms with Crippen molar-refractivity contribution in [3.05, 3.63) is 54.2 Å². The van der Waals surface area contributed by atoms with E-state index < -0.39 is 6.10 Å². The number of aromatic nitrogens is 4. The first-order valence-electron chi connectivity index (χ1n) is 11.0. The van der Waals surface area contributed by atoms with Crippen molar-refractivity contribution in [3.63, 3.8) is 0 Å². The van der Waals surface area contributed by atoms with Crippen molar-refractivity contribution >= 4 is 11.7 Å². The molecular weight excluding hydrogens is 424 g/mol. The number of carbonyl (C=O) groups is 1. The van der Waals surface area contributed by atoms with Crippen LogP contribution in [0.15, 0.2) is 43.0 Å². The summed E-state index contributed by atoms with van der Waals surface area (Å²) in [6.07, 6.45) is 4.54. The summed E-state index contributed by atoms with van der Waals surface area (Å²) < 4.78 is 18.8. The van der Waals surface area contributed by atoms with Gasteiger partial charge in [-0.1, -0.05) is 6.07 Å². The Kier molecular flexibility index (Phi) is 5.82. The molecule has 1 saturated heterocycles. The van der Waals surface area contributed by atoms with Crippen LogP contribution < -0.4 is 19.7 Å². The second-order valence-electron chi connectivity index (χ2n) is 8.08. The van der Waals surface area contributed by atoms with Gasteiger partial charge in [0.25, 0.3) is 5.91 Å². The van der Waals surface area contributed by atoms with Gasteiger partial charge < -0.3 is 24.4 Å². The number of fused-ring (bicyclic) bond motifs is 1. The van der Waals surface area contributed by atoms with Gasteiger partial charge in [-0.15, -0.1) is 0 Å². The predicted molar refractivity (Wildman–Crippen MR) is 120 cm³/mol. The van der Waals surface area contributed by atoms with E-state index in [0.29, 0.717) is 44.6 Å². The normalized spacial score (nSPS) is 18.6. The summed E-state index contributed by atoms with van der Waals surface area (Å²) in [7, 11) is 0. The maximum atomic E-state index is 13.0. The van der Waals surface area contributed by atoms with Crippen LogP contribution in [0.3, 0.4) is 0 Å². The van der Waals surface area contributed by atoms with Gasteiger partial charge in [0.2, 0.25) is 5.95 Å². The maximum absolute atomic E-state index is 13.0. The Morgan fingerprint density at radius 2 is 2.00 bits per heavy atom. The molecule has 4 heterocycles. The smallest absolute Gasteiger partial charge is 0.251 e. The van der Waals surface area contributed by atoms with Crippen LogP contribution in [0.2, 0.25) is 0 Å². The number of hydrogen-bond acceptors (Lipinski definition) is 8. The molecule has 2 aromatic heterocycles. The van der Waals surface area contributed by atoms with Gasteiger partial charge in [-0.25, -0.2) is 9.97 Å². The molecular formula is C23H26N6O4. The monoisotopic (exact) mass is 450 g/mol. The van der Waals surface area contributed by atoms with Gasteiger partial charge in [-0.05, 0) is 31.5 Å². The van der Waals surface area contributed by atoms with Gasteiger partial charge >= 0.3 is 0 Å². The molecule has 10 heteroatoms. The van der Waals surface area contributed by atoms with Crippen LogP contribution in [0.1, 0.15) is 24.2 Å². The Balaban J connectivity index is 1.27. The Morgan fingerprint density at radius 1 is 1.15 bits per heavy atom. The fourth-order valence-electron chi connectivity index (χ4n) is 3.93. The number of hydrogen-bond donors (Lipinski definition) is 1. The highest BCUT2D eigenvalue weighted by Crippen LogP contribution is 2.32. The molecule has 0 radical (unpaired) electrons. The summed E-state index contributed by atoms with van der Waals surface area (Å²) in [6, 6.07) is 7.43. The molecule has 5 rings (SSSR count). The molecule has 2 aliphatic heterocycles. The van der Waals surface area contributed by atoms with Crippen molar-refractivity contribution in [2.24, 2.45) is 0 Å². The van der Waals surface area contributed by atoms with Crippen LogP contribution in [-0.2, 0) is 9.53 Å². The molecule has 1 N–H and O–H groups in total. The number of ether oxygens (including phenoxy) is 3. The highest BCUT2D eigenvalue weighted by atomic mass is 16.6. The van der Waals surface area contributed by atoms with E-state index in [4.69, 9.17) is 14.2 Å². The fraction of sp³-hybridized carbons (Fsp3) is 0.391. The number of aryl methyl sites for hydroxylation is 1. The number of amides is 1. The Bertz CT molecular complexity index is 1140. The van der Waals surface area contributed by atoms with Gasteiger partial charge in [0.05, 0.1) is 19.2 Å². The molecule has 1 aromatic carbocycles. The molecule has 2 aliphatic rings. The van der Waals surface area contributed by atoms with Crippen LogP contribution in [0.25, 0.3) is 5.95 Å². The molecule has 2 unspecified atom stereocenters. The van der Waals surface area contributed by atoms with Crippen molar-refractivity contribution in [2.75, 3.05) is 37.8 Å². The largest absolute Gasteiger partial charge is 0.486 e. The van der Waals surface area contributed by atoms with Gasteiger partial charge in [-0.2, -0.15) is 4.98 Å². The lowest BCUT2D eigenvalue weighted by Crippen LogP contribution is -2.50. The lowest BCUT2D eigenvalue weighted by atomic mass is 10.1. The topological polar surface area (TPSA) is 104 Å². The summed E-state index contributed by atoms with van der Waals surface area (Å²) in [4.78, 5) is 28.3. The highest BCUT2D eigenvalue weighted by molar-refractivity contribution is 5.82. The zero-order valence-corrected chi connectivity index (χ0v) is 18.6. The number of anilines is 1. The third kappa shape index (κ3) is 4.61.